The van der Waals surface area contributed by atoms with Crippen molar-refractivity contribution in [2.75, 3.05) is 43.1 Å². The van der Waals surface area contributed by atoms with Gasteiger partial charge in [-0.3, -0.25) is 0 Å². The molecular weight excluding hydrogens is 435 g/mol. The van der Waals surface area contributed by atoms with Gasteiger partial charge in [0.1, 0.15) is 17.0 Å². The smallest absolute Gasteiger partial charge is 0.378 e. The maximum absolute atomic E-state index is 13.8. The van der Waals surface area contributed by atoms with Gasteiger partial charge in [-0.15, -0.1) is 0 Å². The summed E-state index contributed by atoms with van der Waals surface area (Å²) < 4.78 is 46.9. The molecule has 3 aromatic heterocycles. The van der Waals surface area contributed by atoms with Gasteiger partial charge in [0.2, 0.25) is 5.95 Å². The average molecular weight is 461 g/mol. The lowest BCUT2D eigenvalue weighted by Gasteiger charge is -2.28. The van der Waals surface area contributed by atoms with E-state index >= 15 is 0 Å². The summed E-state index contributed by atoms with van der Waals surface area (Å²) in [5.41, 5.74) is -0.163. The number of nitrogens with one attached hydrogen (secondary N) is 3. The number of halogens is 3. The Kier molecular flexibility index (Phi) is 5.83. The molecule has 0 amide bonds. The topological polar surface area (TPSA) is 91.0 Å². The first-order valence-electron chi connectivity index (χ1n) is 11.1. The van der Waals surface area contributed by atoms with Gasteiger partial charge in [-0.25, -0.2) is 15.0 Å². The van der Waals surface area contributed by atoms with Gasteiger partial charge in [0.15, 0.2) is 0 Å². The van der Waals surface area contributed by atoms with Crippen LogP contribution >= 0.6 is 0 Å². The van der Waals surface area contributed by atoms with Crippen LogP contribution in [-0.4, -0.2) is 64.9 Å². The normalized spacial score (nSPS) is 22.0. The number of fused-ring (bicyclic) bond motifs is 1. The van der Waals surface area contributed by atoms with Crippen molar-refractivity contribution >= 4 is 22.8 Å². The van der Waals surface area contributed by atoms with Crippen molar-refractivity contribution in [3.8, 4) is 11.3 Å². The van der Waals surface area contributed by atoms with Crippen LogP contribution < -0.4 is 15.5 Å². The van der Waals surface area contributed by atoms with E-state index in [0.717, 1.165) is 44.5 Å². The van der Waals surface area contributed by atoms with Crippen molar-refractivity contribution < 1.29 is 17.9 Å². The second kappa shape index (κ2) is 8.79. The third-order valence-corrected chi connectivity index (χ3v) is 6.17. The Morgan fingerprint density at radius 2 is 2.00 bits per heavy atom. The molecule has 0 aromatic carbocycles. The van der Waals surface area contributed by atoms with E-state index in [-0.39, 0.29) is 17.7 Å². The van der Waals surface area contributed by atoms with Crippen LogP contribution in [0.1, 0.15) is 25.3 Å². The number of alkyl halides is 3. The fourth-order valence-corrected chi connectivity index (χ4v) is 4.47. The van der Waals surface area contributed by atoms with Gasteiger partial charge in [0.05, 0.1) is 18.9 Å². The fourth-order valence-electron chi connectivity index (χ4n) is 4.47. The standard InChI is InChI=1S/C22H26F3N7O/c1-13-10-14(4-5-26-13)29-21-28-12-17(22(23,24)25)19(31-21)16-11-27-20-15(16)2-3-18(30-20)32-6-8-33-9-7-32/h2-3,11-14,26H,4-10H2,1H3,(H,27,30)(H,28,29,31)/t13-,14+/m0/s1. The summed E-state index contributed by atoms with van der Waals surface area (Å²) >= 11 is 0. The van der Waals surface area contributed by atoms with Crippen LogP contribution in [0.5, 0.6) is 0 Å². The second-order valence-corrected chi connectivity index (χ2v) is 8.54. The molecule has 176 valence electrons. The molecule has 2 aliphatic heterocycles. The van der Waals surface area contributed by atoms with Crippen LogP contribution in [-0.2, 0) is 10.9 Å². The predicted molar refractivity (Wildman–Crippen MR) is 119 cm³/mol. The first-order valence-corrected chi connectivity index (χ1v) is 11.1. The second-order valence-electron chi connectivity index (χ2n) is 8.54. The minimum absolute atomic E-state index is 0.103. The molecule has 5 heterocycles. The highest BCUT2D eigenvalue weighted by Gasteiger charge is 2.36. The monoisotopic (exact) mass is 461 g/mol. The molecule has 0 radical (unpaired) electrons. The lowest BCUT2D eigenvalue weighted by atomic mass is 10.0. The summed E-state index contributed by atoms with van der Waals surface area (Å²) in [5.74, 6) is 0.963. The molecule has 5 rings (SSSR count). The summed E-state index contributed by atoms with van der Waals surface area (Å²) in [7, 11) is 0. The molecular formula is C22H26F3N7O. The van der Waals surface area contributed by atoms with Gasteiger partial charge in [-0.2, -0.15) is 13.2 Å². The van der Waals surface area contributed by atoms with Crippen LogP contribution in [0.3, 0.4) is 0 Å². The zero-order chi connectivity index (χ0) is 23.0. The molecule has 0 saturated carbocycles. The van der Waals surface area contributed by atoms with Gasteiger partial charge in [0.25, 0.3) is 0 Å². The lowest BCUT2D eigenvalue weighted by molar-refractivity contribution is -0.137. The van der Waals surface area contributed by atoms with Crippen molar-refractivity contribution in [3.05, 3.63) is 30.1 Å². The first-order chi connectivity index (χ1) is 15.9. The van der Waals surface area contributed by atoms with Gasteiger partial charge >= 0.3 is 6.18 Å². The number of rotatable bonds is 4. The Morgan fingerprint density at radius 3 is 2.76 bits per heavy atom. The maximum Gasteiger partial charge on any atom is 0.419 e. The number of aromatic nitrogens is 4. The molecule has 11 heteroatoms. The van der Waals surface area contributed by atoms with Gasteiger partial charge < -0.3 is 25.3 Å². The average Bonchev–Trinajstić information content (AvgIpc) is 3.22. The molecule has 2 atom stereocenters. The molecule has 3 N–H and O–H groups in total. The summed E-state index contributed by atoms with van der Waals surface area (Å²) in [6, 6.07) is 4.05. The third-order valence-electron chi connectivity index (χ3n) is 6.17. The largest absolute Gasteiger partial charge is 0.419 e. The number of anilines is 2. The Hall–Kier alpha value is -2.92. The summed E-state index contributed by atoms with van der Waals surface area (Å²) in [6.07, 6.45) is -0.480. The van der Waals surface area contributed by atoms with Crippen molar-refractivity contribution in [2.24, 2.45) is 0 Å². The van der Waals surface area contributed by atoms with E-state index in [0.29, 0.717) is 35.9 Å². The molecule has 33 heavy (non-hydrogen) atoms. The van der Waals surface area contributed by atoms with Crippen LogP contribution in [0.2, 0.25) is 0 Å². The Labute approximate surface area is 189 Å². The van der Waals surface area contributed by atoms with Gasteiger partial charge in [-0.05, 0) is 38.4 Å². The van der Waals surface area contributed by atoms with Crippen molar-refractivity contribution in [3.63, 3.8) is 0 Å². The maximum atomic E-state index is 13.8. The van der Waals surface area contributed by atoms with Crippen LogP contribution in [0.15, 0.2) is 24.5 Å². The molecule has 2 saturated heterocycles. The molecule has 8 nitrogen and oxygen atoms in total. The van der Waals surface area contributed by atoms with E-state index in [4.69, 9.17) is 4.74 Å². The Bertz CT molecular complexity index is 1130. The minimum Gasteiger partial charge on any atom is -0.378 e. The summed E-state index contributed by atoms with van der Waals surface area (Å²) in [5, 5.41) is 7.16. The number of aromatic amines is 1. The number of hydrogen-bond acceptors (Lipinski definition) is 7. The van der Waals surface area contributed by atoms with Crippen LogP contribution in [0, 0.1) is 0 Å². The number of ether oxygens (including phenoxy) is 1. The Balaban J connectivity index is 1.51. The summed E-state index contributed by atoms with van der Waals surface area (Å²) in [4.78, 5) is 18.1. The van der Waals surface area contributed by atoms with E-state index in [1.54, 1.807) is 6.07 Å². The van der Waals surface area contributed by atoms with E-state index in [1.165, 1.54) is 6.20 Å². The molecule has 0 unspecified atom stereocenters. The molecule has 0 aliphatic carbocycles. The van der Waals surface area contributed by atoms with Crippen molar-refractivity contribution in [1.82, 2.24) is 25.3 Å². The number of pyridine rings is 1. The minimum atomic E-state index is -4.58. The van der Waals surface area contributed by atoms with Crippen LogP contribution in [0.25, 0.3) is 22.3 Å². The number of hydrogen-bond donors (Lipinski definition) is 3. The van der Waals surface area contributed by atoms with Gasteiger partial charge in [0, 0.05) is 48.5 Å². The molecule has 2 aliphatic rings. The van der Waals surface area contributed by atoms with Crippen LogP contribution in [0.4, 0.5) is 24.9 Å². The zero-order valence-corrected chi connectivity index (χ0v) is 18.2. The predicted octanol–water partition coefficient (Wildman–Crippen LogP) is 3.43. The SMILES string of the molecule is C[C@H]1C[C@H](Nc2ncc(C(F)(F)F)c(-c3c[nH]c4nc(N5CCOCC5)ccc34)n2)CCN1. The number of nitrogens with zero attached hydrogens (tertiary/aromatic N) is 4. The van der Waals surface area contributed by atoms with Crippen molar-refractivity contribution in [1.29, 1.82) is 0 Å². The summed E-state index contributed by atoms with van der Waals surface area (Å²) in [6.45, 7) is 5.61. The van der Waals surface area contributed by atoms with E-state index in [9.17, 15) is 13.2 Å². The van der Waals surface area contributed by atoms with Gasteiger partial charge in [-0.1, -0.05) is 0 Å². The van der Waals surface area contributed by atoms with E-state index < -0.39 is 11.7 Å². The van der Waals surface area contributed by atoms with E-state index in [1.807, 2.05) is 6.07 Å². The van der Waals surface area contributed by atoms with Crippen molar-refractivity contribution in [2.45, 2.75) is 38.0 Å². The Morgan fingerprint density at radius 1 is 1.18 bits per heavy atom. The number of H-pyrrole nitrogens is 1. The number of morpholine rings is 1. The fraction of sp³-hybridized carbons (Fsp3) is 0.500. The zero-order valence-electron chi connectivity index (χ0n) is 18.2. The lowest BCUT2D eigenvalue weighted by Crippen LogP contribution is -2.41. The number of piperidine rings is 1. The molecule has 2 fully saturated rings. The first kappa shape index (κ1) is 21.9. The molecule has 0 bridgehead atoms. The van der Waals surface area contributed by atoms with E-state index in [2.05, 4.69) is 42.4 Å². The molecule has 0 spiro atoms. The third kappa shape index (κ3) is 4.60. The highest BCUT2D eigenvalue weighted by Crippen LogP contribution is 2.38. The quantitative estimate of drug-likeness (QED) is 0.548. The highest BCUT2D eigenvalue weighted by molar-refractivity contribution is 5.94. The molecule has 3 aromatic rings. The highest BCUT2D eigenvalue weighted by atomic mass is 19.4.